The molecule has 0 aliphatic carbocycles. The van der Waals surface area contributed by atoms with Gasteiger partial charge in [-0.3, -0.25) is 0 Å². The Kier molecular flexibility index (Phi) is 1.98. The molecule has 0 radical (unpaired) electrons. The van der Waals surface area contributed by atoms with Gasteiger partial charge in [-0.15, -0.1) is 0 Å². The number of rotatable bonds is 0. The Morgan fingerprint density at radius 3 is 2.57 bits per heavy atom. The molecule has 0 saturated heterocycles. The molecule has 0 fully saturated rings. The molecule has 5 aromatic rings. The molecule has 1 aromatic heterocycles. The third-order valence-corrected chi connectivity index (χ3v) is 4.31. The highest BCUT2D eigenvalue weighted by Crippen LogP contribution is 2.36. The summed E-state index contributed by atoms with van der Waals surface area (Å²) in [6.07, 6.45) is 3.66. The monoisotopic (exact) mass is 268 g/mol. The van der Waals surface area contributed by atoms with E-state index >= 15 is 0 Å². The van der Waals surface area contributed by atoms with E-state index in [1.54, 1.807) is 6.33 Å². The normalized spacial score (nSPS) is 11.8. The second kappa shape index (κ2) is 3.83. The quantitative estimate of drug-likeness (QED) is 0.392. The highest BCUT2D eigenvalue weighted by molar-refractivity contribution is 6.26. The zero-order chi connectivity index (χ0) is 13.8. The molecule has 98 valence electrons. The summed E-state index contributed by atoms with van der Waals surface area (Å²) in [7, 11) is 0. The molecule has 0 amide bonds. The maximum absolute atomic E-state index is 4.19. The van der Waals surface area contributed by atoms with E-state index < -0.39 is 0 Å². The van der Waals surface area contributed by atoms with Crippen molar-refractivity contribution < 1.29 is 0 Å². The first-order valence-corrected chi connectivity index (χ1v) is 7.07. The van der Waals surface area contributed by atoms with E-state index in [-0.39, 0.29) is 0 Å². The standard InChI is InChI=1S/C19H12N2/c1-2-4-15-13(3-1)9-17-16(15)8-7-12-5-6-14-10-20-11-21-19(14)18(12)17/h1-11H,(H,20,21). The molecule has 0 unspecified atom stereocenters. The summed E-state index contributed by atoms with van der Waals surface area (Å²) in [5.41, 5.74) is 1.16. The van der Waals surface area contributed by atoms with Crippen LogP contribution in [-0.4, -0.2) is 9.97 Å². The smallest absolute Gasteiger partial charge is 0.0923 e. The van der Waals surface area contributed by atoms with Gasteiger partial charge in [0.15, 0.2) is 0 Å². The molecular formula is C19H12N2. The van der Waals surface area contributed by atoms with Crippen LogP contribution in [0.5, 0.6) is 0 Å². The number of hydrogen-bond acceptors (Lipinski definition) is 1. The lowest BCUT2D eigenvalue weighted by Crippen LogP contribution is -1.83. The molecule has 5 rings (SSSR count). The van der Waals surface area contributed by atoms with Gasteiger partial charge in [0.2, 0.25) is 0 Å². The first kappa shape index (κ1) is 10.9. The molecule has 0 aliphatic heterocycles. The average Bonchev–Trinajstić information content (AvgIpc) is 2.93. The number of benzene rings is 3. The fourth-order valence-corrected chi connectivity index (χ4v) is 3.35. The van der Waals surface area contributed by atoms with Crippen molar-refractivity contribution in [2.75, 3.05) is 0 Å². The Labute approximate surface area is 121 Å². The summed E-state index contributed by atoms with van der Waals surface area (Å²) in [6.45, 7) is 0. The van der Waals surface area contributed by atoms with Gasteiger partial charge < -0.3 is 4.98 Å². The first-order valence-electron chi connectivity index (χ1n) is 7.07. The third-order valence-electron chi connectivity index (χ3n) is 4.31. The van der Waals surface area contributed by atoms with E-state index in [2.05, 4.69) is 64.6 Å². The number of nitrogens with one attached hydrogen (secondary N) is 1. The number of hydrogen-bond donors (Lipinski definition) is 1. The van der Waals surface area contributed by atoms with E-state index in [4.69, 9.17) is 0 Å². The summed E-state index contributed by atoms with van der Waals surface area (Å²) in [5, 5.41) is 8.92. The van der Waals surface area contributed by atoms with Crippen molar-refractivity contribution in [1.82, 2.24) is 9.97 Å². The lowest BCUT2D eigenvalue weighted by Gasteiger charge is -2.05. The van der Waals surface area contributed by atoms with Crippen LogP contribution in [0.15, 0.2) is 67.1 Å². The second-order valence-corrected chi connectivity index (χ2v) is 5.44. The topological polar surface area (TPSA) is 28.7 Å². The van der Waals surface area contributed by atoms with E-state index in [0.717, 1.165) is 10.9 Å². The van der Waals surface area contributed by atoms with Crippen LogP contribution in [-0.2, 0) is 0 Å². The fraction of sp³-hybridized carbons (Fsp3) is 0. The minimum absolute atomic E-state index is 1.14. The van der Waals surface area contributed by atoms with E-state index in [0.29, 0.717) is 0 Å². The van der Waals surface area contributed by atoms with E-state index in [1.807, 2.05) is 6.20 Å². The Hall–Kier alpha value is -2.87. The third kappa shape index (κ3) is 1.39. The number of aromatic nitrogens is 2. The largest absolute Gasteiger partial charge is 0.345 e. The Bertz CT molecular complexity index is 1140. The van der Waals surface area contributed by atoms with Crippen LogP contribution in [0.2, 0.25) is 0 Å². The molecule has 0 saturated carbocycles. The lowest BCUT2D eigenvalue weighted by atomic mass is 10.0. The highest BCUT2D eigenvalue weighted by Gasteiger charge is 2.09. The van der Waals surface area contributed by atoms with Gasteiger partial charge >= 0.3 is 0 Å². The van der Waals surface area contributed by atoms with Crippen molar-refractivity contribution in [2.24, 2.45) is 0 Å². The first-order chi connectivity index (χ1) is 10.4. The maximum Gasteiger partial charge on any atom is 0.0923 e. The molecule has 4 aromatic carbocycles. The number of H-pyrrole nitrogens is 1. The number of fused-ring (bicyclic) bond motifs is 7. The minimum Gasteiger partial charge on any atom is -0.345 e. The van der Waals surface area contributed by atoms with Crippen LogP contribution in [0.4, 0.5) is 0 Å². The van der Waals surface area contributed by atoms with Crippen molar-refractivity contribution >= 4 is 43.2 Å². The fourth-order valence-electron chi connectivity index (χ4n) is 3.35. The zero-order valence-electron chi connectivity index (χ0n) is 11.3. The molecule has 1 N–H and O–H groups in total. The predicted molar refractivity (Wildman–Crippen MR) is 88.6 cm³/mol. The van der Waals surface area contributed by atoms with Crippen molar-refractivity contribution in [3.05, 3.63) is 67.1 Å². The summed E-state index contributed by atoms with van der Waals surface area (Å²) in [6, 6.07) is 19.6. The van der Waals surface area contributed by atoms with Gasteiger partial charge in [-0.2, -0.15) is 0 Å². The summed E-state index contributed by atoms with van der Waals surface area (Å²) >= 11 is 0. The van der Waals surface area contributed by atoms with Gasteiger partial charge in [0.05, 0.1) is 11.8 Å². The highest BCUT2D eigenvalue weighted by atomic mass is 14.8. The van der Waals surface area contributed by atoms with E-state index in [1.165, 1.54) is 32.3 Å². The molecule has 0 aliphatic rings. The van der Waals surface area contributed by atoms with Gasteiger partial charge in [-0.05, 0) is 33.0 Å². The van der Waals surface area contributed by atoms with Crippen LogP contribution >= 0.6 is 0 Å². The molecule has 0 spiro atoms. The Morgan fingerprint density at radius 1 is 0.714 bits per heavy atom. The SMILES string of the molecule is c1ccc2c(c1)cc1c2ccc2ccc3cnc[nH]c3c21. The van der Waals surface area contributed by atoms with Crippen molar-refractivity contribution in [3.8, 4) is 0 Å². The number of aromatic amines is 1. The van der Waals surface area contributed by atoms with Crippen LogP contribution < -0.4 is 0 Å². The Morgan fingerprint density at radius 2 is 1.57 bits per heavy atom. The van der Waals surface area contributed by atoms with Crippen LogP contribution in [0.25, 0.3) is 43.2 Å². The molecule has 21 heavy (non-hydrogen) atoms. The average molecular weight is 268 g/mol. The van der Waals surface area contributed by atoms with Crippen LogP contribution in [0, 0.1) is 0 Å². The van der Waals surface area contributed by atoms with Gasteiger partial charge in [0, 0.05) is 17.0 Å². The molecule has 0 atom stereocenters. The van der Waals surface area contributed by atoms with Crippen molar-refractivity contribution in [1.29, 1.82) is 0 Å². The zero-order valence-corrected chi connectivity index (χ0v) is 11.3. The minimum atomic E-state index is 1.14. The summed E-state index contributed by atoms with van der Waals surface area (Å²) < 4.78 is 0. The second-order valence-electron chi connectivity index (χ2n) is 5.44. The number of nitrogens with zero attached hydrogens (tertiary/aromatic N) is 1. The van der Waals surface area contributed by atoms with Crippen molar-refractivity contribution in [2.45, 2.75) is 0 Å². The molecule has 1 heterocycles. The van der Waals surface area contributed by atoms with Crippen molar-refractivity contribution in [3.63, 3.8) is 0 Å². The van der Waals surface area contributed by atoms with Gasteiger partial charge in [0.1, 0.15) is 0 Å². The van der Waals surface area contributed by atoms with E-state index in [9.17, 15) is 0 Å². The molecule has 2 heteroatoms. The van der Waals surface area contributed by atoms with Gasteiger partial charge in [-0.25, -0.2) is 4.98 Å². The predicted octanol–water partition coefficient (Wildman–Crippen LogP) is 5.02. The van der Waals surface area contributed by atoms with Crippen LogP contribution in [0.3, 0.4) is 0 Å². The maximum atomic E-state index is 4.19. The lowest BCUT2D eigenvalue weighted by molar-refractivity contribution is 1.23. The summed E-state index contributed by atoms with van der Waals surface area (Å²) in [4.78, 5) is 7.51. The molecule has 2 nitrogen and oxygen atoms in total. The summed E-state index contributed by atoms with van der Waals surface area (Å²) in [5.74, 6) is 0. The van der Waals surface area contributed by atoms with Gasteiger partial charge in [-0.1, -0.05) is 48.5 Å². The van der Waals surface area contributed by atoms with Gasteiger partial charge in [0.25, 0.3) is 0 Å². The Balaban J connectivity index is 2.14. The molecular weight excluding hydrogens is 256 g/mol. The van der Waals surface area contributed by atoms with Crippen LogP contribution in [0.1, 0.15) is 0 Å². The molecule has 0 bridgehead atoms.